The van der Waals surface area contributed by atoms with Gasteiger partial charge in [-0.05, 0) is 29.0 Å². The maximum Gasteiger partial charge on any atom is 0.251 e. The van der Waals surface area contributed by atoms with Crippen LogP contribution in [0.2, 0.25) is 0 Å². The van der Waals surface area contributed by atoms with Crippen LogP contribution in [-0.2, 0) is 10.2 Å². The molecule has 0 radical (unpaired) electrons. The van der Waals surface area contributed by atoms with Crippen LogP contribution in [0.1, 0.15) is 50.5 Å². The summed E-state index contributed by atoms with van der Waals surface area (Å²) in [6.45, 7) is 11.5. The van der Waals surface area contributed by atoms with E-state index in [1.54, 1.807) is 0 Å². The number of aliphatic hydroxyl groups is 1. The molecular weight excluding hydrogens is 278 g/mol. The van der Waals surface area contributed by atoms with Gasteiger partial charge in [0.2, 0.25) is 0 Å². The standard InChI is InChI=1S/C18H29NO3/c1-13(2)11-22-12-16(20)10-19-17(21)14-6-8-15(9-7-14)18(3,4)5/h6-9,13,16,20H,10-12H2,1-5H3,(H,19,21). The number of carbonyl (C=O) groups excluding carboxylic acids is 1. The molecule has 124 valence electrons. The van der Waals surface area contributed by atoms with Crippen molar-refractivity contribution in [2.75, 3.05) is 19.8 Å². The third-order valence-electron chi connectivity index (χ3n) is 3.27. The van der Waals surface area contributed by atoms with E-state index in [-0.39, 0.29) is 24.5 Å². The summed E-state index contributed by atoms with van der Waals surface area (Å²) in [5.41, 5.74) is 1.85. The molecule has 0 aliphatic carbocycles. The average Bonchev–Trinajstić information content (AvgIpc) is 2.43. The highest BCUT2D eigenvalue weighted by Crippen LogP contribution is 2.22. The van der Waals surface area contributed by atoms with Crippen LogP contribution in [-0.4, -0.2) is 36.9 Å². The minimum absolute atomic E-state index is 0.0684. The molecule has 2 N–H and O–H groups in total. The molecule has 4 nitrogen and oxygen atoms in total. The van der Waals surface area contributed by atoms with Gasteiger partial charge in [-0.3, -0.25) is 4.79 Å². The molecule has 1 unspecified atom stereocenters. The number of amides is 1. The zero-order chi connectivity index (χ0) is 16.8. The molecule has 0 fully saturated rings. The first-order valence-corrected chi connectivity index (χ1v) is 7.84. The molecule has 1 aromatic carbocycles. The summed E-state index contributed by atoms with van der Waals surface area (Å²) in [4.78, 5) is 12.0. The number of hydrogen-bond donors (Lipinski definition) is 2. The second-order valence-electron chi connectivity index (χ2n) is 7.12. The van der Waals surface area contributed by atoms with Gasteiger partial charge in [0.1, 0.15) is 0 Å². The normalized spacial score (nSPS) is 13.2. The van der Waals surface area contributed by atoms with Crippen LogP contribution in [0, 0.1) is 5.92 Å². The fourth-order valence-corrected chi connectivity index (χ4v) is 1.93. The van der Waals surface area contributed by atoms with Crippen molar-refractivity contribution in [3.8, 4) is 0 Å². The Morgan fingerprint density at radius 1 is 1.18 bits per heavy atom. The quantitative estimate of drug-likeness (QED) is 0.814. The van der Waals surface area contributed by atoms with Crippen LogP contribution < -0.4 is 5.32 Å². The van der Waals surface area contributed by atoms with E-state index in [9.17, 15) is 9.90 Å². The summed E-state index contributed by atoms with van der Waals surface area (Å²) in [7, 11) is 0. The second kappa shape index (κ2) is 8.30. The van der Waals surface area contributed by atoms with E-state index >= 15 is 0 Å². The van der Waals surface area contributed by atoms with Crippen molar-refractivity contribution >= 4 is 5.91 Å². The van der Waals surface area contributed by atoms with Crippen LogP contribution in [0.4, 0.5) is 0 Å². The maximum absolute atomic E-state index is 12.0. The fourth-order valence-electron chi connectivity index (χ4n) is 1.93. The molecule has 1 rings (SSSR count). The minimum Gasteiger partial charge on any atom is -0.389 e. The number of nitrogens with one attached hydrogen (secondary N) is 1. The zero-order valence-electron chi connectivity index (χ0n) is 14.3. The average molecular weight is 307 g/mol. The molecule has 1 aromatic rings. The molecule has 0 heterocycles. The van der Waals surface area contributed by atoms with Crippen molar-refractivity contribution < 1.29 is 14.6 Å². The SMILES string of the molecule is CC(C)COCC(O)CNC(=O)c1ccc(C(C)(C)C)cc1. The molecule has 4 heteroatoms. The van der Waals surface area contributed by atoms with E-state index in [0.717, 1.165) is 0 Å². The number of rotatable bonds is 7. The van der Waals surface area contributed by atoms with Crippen LogP contribution in [0.5, 0.6) is 0 Å². The molecule has 1 atom stereocenters. The topological polar surface area (TPSA) is 58.6 Å². The molecule has 0 saturated heterocycles. The fraction of sp³-hybridized carbons (Fsp3) is 0.611. The number of hydrogen-bond acceptors (Lipinski definition) is 3. The van der Waals surface area contributed by atoms with E-state index in [1.165, 1.54) is 5.56 Å². The van der Waals surface area contributed by atoms with Crippen molar-refractivity contribution in [2.24, 2.45) is 5.92 Å². The van der Waals surface area contributed by atoms with Crippen molar-refractivity contribution in [1.29, 1.82) is 0 Å². The zero-order valence-corrected chi connectivity index (χ0v) is 14.3. The van der Waals surface area contributed by atoms with E-state index in [1.807, 2.05) is 24.3 Å². The summed E-state index contributed by atoms with van der Waals surface area (Å²) in [6, 6.07) is 7.57. The number of carbonyl (C=O) groups is 1. The second-order valence-corrected chi connectivity index (χ2v) is 7.12. The molecule has 1 amide bonds. The number of ether oxygens (including phenoxy) is 1. The molecule has 0 aromatic heterocycles. The Bertz CT molecular complexity index is 460. The Kier molecular flexibility index (Phi) is 7.04. The Hall–Kier alpha value is -1.39. The minimum atomic E-state index is -0.684. The van der Waals surface area contributed by atoms with Gasteiger partial charge in [0, 0.05) is 18.7 Å². The van der Waals surface area contributed by atoms with Crippen molar-refractivity contribution in [2.45, 2.75) is 46.1 Å². The van der Waals surface area contributed by atoms with Crippen molar-refractivity contribution in [3.63, 3.8) is 0 Å². The lowest BCUT2D eigenvalue weighted by atomic mass is 9.87. The molecule has 0 spiro atoms. The van der Waals surface area contributed by atoms with Crippen LogP contribution >= 0.6 is 0 Å². The molecule has 0 saturated carbocycles. The van der Waals surface area contributed by atoms with Gasteiger partial charge >= 0.3 is 0 Å². The first kappa shape index (κ1) is 18.7. The lowest BCUT2D eigenvalue weighted by molar-refractivity contribution is 0.0259. The highest BCUT2D eigenvalue weighted by atomic mass is 16.5. The molecular formula is C18H29NO3. The number of aliphatic hydroxyl groups excluding tert-OH is 1. The third-order valence-corrected chi connectivity index (χ3v) is 3.27. The summed E-state index contributed by atoms with van der Waals surface area (Å²) in [6.07, 6.45) is -0.684. The highest BCUT2D eigenvalue weighted by Gasteiger charge is 2.14. The first-order chi connectivity index (χ1) is 10.2. The van der Waals surface area contributed by atoms with Gasteiger partial charge in [-0.15, -0.1) is 0 Å². The molecule has 0 bridgehead atoms. The molecule has 22 heavy (non-hydrogen) atoms. The van der Waals surface area contributed by atoms with Gasteiger partial charge in [-0.2, -0.15) is 0 Å². The van der Waals surface area contributed by atoms with Gasteiger partial charge in [0.15, 0.2) is 0 Å². The first-order valence-electron chi connectivity index (χ1n) is 7.84. The summed E-state index contributed by atoms with van der Waals surface area (Å²) in [5.74, 6) is 0.256. The van der Waals surface area contributed by atoms with Crippen LogP contribution in [0.25, 0.3) is 0 Å². The lowest BCUT2D eigenvalue weighted by Crippen LogP contribution is -2.34. The van der Waals surface area contributed by atoms with E-state index in [2.05, 4.69) is 39.9 Å². The third kappa shape index (κ3) is 6.58. The number of benzene rings is 1. The smallest absolute Gasteiger partial charge is 0.251 e. The molecule has 0 aliphatic heterocycles. The van der Waals surface area contributed by atoms with Crippen LogP contribution in [0.3, 0.4) is 0 Å². The molecule has 0 aliphatic rings. The summed E-state index contributed by atoms with van der Waals surface area (Å²) in [5, 5.41) is 12.5. The van der Waals surface area contributed by atoms with Gasteiger partial charge in [0.25, 0.3) is 5.91 Å². The van der Waals surface area contributed by atoms with Gasteiger partial charge in [0.05, 0.1) is 12.7 Å². The maximum atomic E-state index is 12.0. The van der Waals surface area contributed by atoms with Crippen molar-refractivity contribution in [3.05, 3.63) is 35.4 Å². The Morgan fingerprint density at radius 2 is 1.77 bits per heavy atom. The van der Waals surface area contributed by atoms with E-state index in [4.69, 9.17) is 4.74 Å². The van der Waals surface area contributed by atoms with Crippen molar-refractivity contribution in [1.82, 2.24) is 5.32 Å². The largest absolute Gasteiger partial charge is 0.389 e. The Morgan fingerprint density at radius 3 is 2.27 bits per heavy atom. The predicted molar refractivity (Wildman–Crippen MR) is 89.1 cm³/mol. The van der Waals surface area contributed by atoms with E-state index in [0.29, 0.717) is 18.1 Å². The lowest BCUT2D eigenvalue weighted by Gasteiger charge is -2.19. The monoisotopic (exact) mass is 307 g/mol. The summed E-state index contributed by atoms with van der Waals surface area (Å²) >= 11 is 0. The highest BCUT2D eigenvalue weighted by molar-refractivity contribution is 5.94. The Labute approximate surface area is 133 Å². The Balaban J connectivity index is 2.42. The van der Waals surface area contributed by atoms with E-state index < -0.39 is 6.10 Å². The van der Waals surface area contributed by atoms with Gasteiger partial charge < -0.3 is 15.2 Å². The van der Waals surface area contributed by atoms with Gasteiger partial charge in [-0.1, -0.05) is 46.8 Å². The van der Waals surface area contributed by atoms with Gasteiger partial charge in [-0.25, -0.2) is 0 Å². The predicted octanol–water partition coefficient (Wildman–Crippen LogP) is 2.75. The summed E-state index contributed by atoms with van der Waals surface area (Å²) < 4.78 is 5.35. The van der Waals surface area contributed by atoms with Crippen LogP contribution in [0.15, 0.2) is 24.3 Å².